The molecule has 0 unspecified atom stereocenters. The van der Waals surface area contributed by atoms with Crippen LogP contribution in [0.3, 0.4) is 0 Å². The van der Waals surface area contributed by atoms with Gasteiger partial charge in [-0.1, -0.05) is 72.8 Å². The molecule has 0 aliphatic rings. The van der Waals surface area contributed by atoms with Crippen LogP contribution in [0.5, 0.6) is 0 Å². The van der Waals surface area contributed by atoms with Gasteiger partial charge in [0.2, 0.25) is 0 Å². The second kappa shape index (κ2) is 17.5. The average molecular weight is 684 g/mol. The van der Waals surface area contributed by atoms with Crippen LogP contribution in [0, 0.1) is 25.5 Å². The molecule has 13 heteroatoms. The first-order valence-electron chi connectivity index (χ1n) is 14.8. The van der Waals surface area contributed by atoms with Gasteiger partial charge in [-0.3, -0.25) is 14.4 Å². The maximum Gasteiger partial charge on any atom is 0.422 e. The van der Waals surface area contributed by atoms with Gasteiger partial charge in [-0.15, -0.1) is 0 Å². The summed E-state index contributed by atoms with van der Waals surface area (Å²) in [5, 5.41) is 0. The van der Waals surface area contributed by atoms with Crippen molar-refractivity contribution in [2.24, 2.45) is 5.73 Å². The van der Waals surface area contributed by atoms with Gasteiger partial charge >= 0.3 is 29.9 Å². The van der Waals surface area contributed by atoms with Crippen molar-refractivity contribution >= 4 is 23.7 Å². The number of ether oxygens (including phenoxy) is 1. The summed E-state index contributed by atoms with van der Waals surface area (Å²) in [5.74, 6) is -5.35. The number of nitrogens with two attached hydrogens (primary N) is 1. The van der Waals surface area contributed by atoms with E-state index in [4.69, 9.17) is 5.73 Å². The van der Waals surface area contributed by atoms with Gasteiger partial charge in [-0.05, 0) is 71.5 Å². The molecular formula is C36H34F5N3O5. The van der Waals surface area contributed by atoms with Crippen LogP contribution in [0.2, 0.25) is 0 Å². The fourth-order valence-electron chi connectivity index (χ4n) is 4.59. The topological polar surface area (TPSA) is 110 Å². The number of primary amides is 1. The van der Waals surface area contributed by atoms with E-state index in [-0.39, 0.29) is 32.0 Å². The summed E-state index contributed by atoms with van der Waals surface area (Å²) in [4.78, 5) is 49.8. The Balaban J connectivity index is 0.000000271. The highest BCUT2D eigenvalue weighted by atomic mass is 19.4. The maximum absolute atomic E-state index is 13.3. The number of esters is 1. The molecule has 0 spiro atoms. The number of rotatable bonds is 9. The molecule has 0 atom stereocenters. The maximum atomic E-state index is 13.3. The minimum absolute atomic E-state index is 0.0163. The van der Waals surface area contributed by atoms with Crippen LogP contribution in [0.25, 0.3) is 0 Å². The van der Waals surface area contributed by atoms with Crippen LogP contribution >= 0.6 is 0 Å². The van der Waals surface area contributed by atoms with E-state index in [9.17, 15) is 41.1 Å². The Labute approximate surface area is 279 Å². The zero-order valence-electron chi connectivity index (χ0n) is 26.7. The summed E-state index contributed by atoms with van der Waals surface area (Å²) in [6.45, 7) is 1.91. The molecule has 8 nitrogen and oxygen atoms in total. The van der Waals surface area contributed by atoms with Gasteiger partial charge in [0.15, 0.2) is 6.61 Å². The van der Waals surface area contributed by atoms with E-state index in [1.165, 1.54) is 35.2 Å². The molecule has 0 saturated carbocycles. The Morgan fingerprint density at radius 3 is 1.41 bits per heavy atom. The van der Waals surface area contributed by atoms with E-state index >= 15 is 0 Å². The second-order valence-corrected chi connectivity index (χ2v) is 11.0. The number of hydrogen-bond donors (Lipinski definition) is 1. The van der Waals surface area contributed by atoms with Crippen LogP contribution in [-0.4, -0.2) is 46.3 Å². The number of amides is 3. The fourth-order valence-corrected chi connectivity index (χ4v) is 4.59. The van der Waals surface area contributed by atoms with Crippen LogP contribution in [0.4, 0.5) is 22.0 Å². The Morgan fingerprint density at radius 2 is 1.04 bits per heavy atom. The van der Waals surface area contributed by atoms with Crippen LogP contribution in [0.15, 0.2) is 97.1 Å². The molecular weight excluding hydrogens is 649 g/mol. The molecule has 0 heterocycles. The molecule has 4 aromatic rings. The molecule has 0 saturated heterocycles. The lowest BCUT2D eigenvalue weighted by Gasteiger charge is -2.23. The van der Waals surface area contributed by atoms with Crippen LogP contribution in [-0.2, 0) is 50.1 Å². The lowest BCUT2D eigenvalue weighted by Crippen LogP contribution is -2.39. The normalized spacial score (nSPS) is 10.8. The highest BCUT2D eigenvalue weighted by molar-refractivity contribution is 6.34. The van der Waals surface area contributed by atoms with E-state index in [2.05, 4.69) is 4.74 Å². The smallest absolute Gasteiger partial charge is 0.422 e. The summed E-state index contributed by atoms with van der Waals surface area (Å²) < 4.78 is 67.2. The molecule has 0 aliphatic heterocycles. The van der Waals surface area contributed by atoms with E-state index in [0.29, 0.717) is 16.7 Å². The number of carbonyl (C=O) groups excluding carboxylic acids is 4. The van der Waals surface area contributed by atoms with Gasteiger partial charge in [-0.25, -0.2) is 13.6 Å². The van der Waals surface area contributed by atoms with Crippen molar-refractivity contribution in [1.82, 2.24) is 9.80 Å². The van der Waals surface area contributed by atoms with Gasteiger partial charge in [0.1, 0.15) is 11.6 Å². The standard InChI is InChI=1S/C19H17F4NO3.C17H17FN2O2/c1-13-9-16(20)8-7-15(13)11-24(10-14-5-3-2-4-6-14)17(25)18(26)27-12-19(21,22)23;1-12-9-15(18)8-7-14(12)11-20(17(22)16(19)21)10-13-5-3-2-4-6-13/h2-9H,10-12H2,1H3;2-9H,10-11H2,1H3,(H2,19,21). The lowest BCUT2D eigenvalue weighted by molar-refractivity contribution is -0.189. The summed E-state index contributed by atoms with van der Waals surface area (Å²) in [5.41, 5.74) is 9.27. The van der Waals surface area contributed by atoms with Crippen molar-refractivity contribution in [3.8, 4) is 0 Å². The van der Waals surface area contributed by atoms with Gasteiger partial charge in [0.05, 0.1) is 0 Å². The molecule has 49 heavy (non-hydrogen) atoms. The number of carbonyl (C=O) groups is 4. The molecule has 4 aromatic carbocycles. The molecule has 0 aromatic heterocycles. The van der Waals surface area contributed by atoms with Crippen molar-refractivity contribution in [2.75, 3.05) is 6.61 Å². The molecule has 0 bridgehead atoms. The van der Waals surface area contributed by atoms with Gasteiger partial charge < -0.3 is 20.3 Å². The molecule has 0 radical (unpaired) electrons. The lowest BCUT2D eigenvalue weighted by atomic mass is 10.1. The summed E-state index contributed by atoms with van der Waals surface area (Å²) >= 11 is 0. The van der Waals surface area contributed by atoms with Crippen molar-refractivity contribution in [2.45, 2.75) is 46.2 Å². The van der Waals surface area contributed by atoms with Crippen molar-refractivity contribution in [1.29, 1.82) is 0 Å². The number of nitrogens with zero attached hydrogens (tertiary/aromatic N) is 2. The van der Waals surface area contributed by atoms with Gasteiger partial charge in [0.25, 0.3) is 0 Å². The first-order chi connectivity index (χ1) is 23.1. The zero-order valence-corrected chi connectivity index (χ0v) is 26.7. The molecule has 258 valence electrons. The minimum atomic E-state index is -4.73. The molecule has 3 amide bonds. The third-order valence-corrected chi connectivity index (χ3v) is 7.09. The number of hydrogen-bond acceptors (Lipinski definition) is 5. The Bertz CT molecular complexity index is 1750. The molecule has 0 aliphatic carbocycles. The predicted molar refractivity (Wildman–Crippen MR) is 170 cm³/mol. The summed E-state index contributed by atoms with van der Waals surface area (Å²) in [7, 11) is 0. The molecule has 4 rings (SSSR count). The quantitative estimate of drug-likeness (QED) is 0.134. The predicted octanol–water partition coefficient (Wildman–Crippen LogP) is 5.92. The van der Waals surface area contributed by atoms with Gasteiger partial charge in [0, 0.05) is 26.2 Å². The summed E-state index contributed by atoms with van der Waals surface area (Å²) in [6, 6.07) is 26.2. The number of halogens is 5. The van der Waals surface area contributed by atoms with E-state index in [1.54, 1.807) is 50.2 Å². The first-order valence-corrected chi connectivity index (χ1v) is 14.8. The van der Waals surface area contributed by atoms with E-state index in [0.717, 1.165) is 21.6 Å². The highest BCUT2D eigenvalue weighted by Crippen LogP contribution is 2.18. The Kier molecular flexibility index (Phi) is 13.5. The average Bonchev–Trinajstić information content (AvgIpc) is 3.05. The Morgan fingerprint density at radius 1 is 0.633 bits per heavy atom. The fraction of sp³-hybridized carbons (Fsp3) is 0.222. The van der Waals surface area contributed by atoms with Gasteiger partial charge in [-0.2, -0.15) is 13.2 Å². The van der Waals surface area contributed by atoms with Crippen LogP contribution < -0.4 is 5.73 Å². The molecule has 2 N–H and O–H groups in total. The van der Waals surface area contributed by atoms with E-state index in [1.807, 2.05) is 30.3 Å². The van der Waals surface area contributed by atoms with Crippen molar-refractivity contribution in [3.05, 3.63) is 142 Å². The molecule has 0 fully saturated rings. The largest absolute Gasteiger partial charge is 0.449 e. The minimum Gasteiger partial charge on any atom is -0.449 e. The Hall–Kier alpha value is -5.59. The van der Waals surface area contributed by atoms with Crippen LogP contribution in [0.1, 0.15) is 33.4 Å². The SMILES string of the molecule is Cc1cc(F)ccc1CN(Cc1ccccc1)C(=O)C(=O)OCC(F)(F)F.Cc1cc(F)ccc1CN(Cc1ccccc1)C(=O)C(N)=O. The van der Waals surface area contributed by atoms with Crippen molar-refractivity contribution in [3.63, 3.8) is 0 Å². The first kappa shape index (κ1) is 37.9. The highest BCUT2D eigenvalue weighted by Gasteiger charge is 2.33. The van der Waals surface area contributed by atoms with Crippen molar-refractivity contribution < 1.29 is 45.9 Å². The van der Waals surface area contributed by atoms with E-state index < -0.39 is 42.3 Å². The second-order valence-electron chi connectivity index (χ2n) is 11.0. The summed E-state index contributed by atoms with van der Waals surface area (Å²) in [6.07, 6.45) is -4.73. The third-order valence-electron chi connectivity index (χ3n) is 7.09. The third kappa shape index (κ3) is 12.5. The zero-order chi connectivity index (χ0) is 36.1. The monoisotopic (exact) mass is 683 g/mol. The number of alkyl halides is 3. The number of aryl methyl sites for hydroxylation is 2. The number of benzene rings is 4.